The van der Waals surface area contributed by atoms with Gasteiger partial charge in [-0.25, -0.2) is 4.79 Å². The molecule has 0 radical (unpaired) electrons. The van der Waals surface area contributed by atoms with Crippen LogP contribution in [-0.2, 0) is 9.53 Å². The molecule has 4 nitrogen and oxygen atoms in total. The van der Waals surface area contributed by atoms with Gasteiger partial charge in [-0.3, -0.25) is 4.79 Å². The second kappa shape index (κ2) is 4.09. The Morgan fingerprint density at radius 1 is 1.33 bits per heavy atom. The van der Waals surface area contributed by atoms with E-state index in [0.717, 1.165) is 32.1 Å². The van der Waals surface area contributed by atoms with Gasteiger partial charge in [0.2, 0.25) is 0 Å². The first-order valence-electron chi connectivity index (χ1n) is 4.67. The van der Waals surface area contributed by atoms with Crippen LogP contribution in [-0.4, -0.2) is 12.1 Å². The smallest absolute Gasteiger partial charge is 0.376 e. The lowest BCUT2D eigenvalue weighted by molar-refractivity contribution is -0.142. The van der Waals surface area contributed by atoms with E-state index >= 15 is 0 Å². The maximum Gasteiger partial charge on any atom is 0.412 e. The molecule has 1 aliphatic carbocycles. The van der Waals surface area contributed by atoms with Crippen LogP contribution in [0.25, 0.3) is 0 Å². The van der Waals surface area contributed by atoms with Gasteiger partial charge in [0.15, 0.2) is 1.41 Å². The summed E-state index contributed by atoms with van der Waals surface area (Å²) >= 11 is 0. The van der Waals surface area contributed by atoms with Gasteiger partial charge in [0.25, 0.3) is 0 Å². The van der Waals surface area contributed by atoms with E-state index in [2.05, 4.69) is 4.74 Å². The van der Waals surface area contributed by atoms with Crippen molar-refractivity contribution in [1.82, 2.24) is 0 Å². The van der Waals surface area contributed by atoms with E-state index in [9.17, 15) is 9.59 Å². The normalized spacial score (nSPS) is 19.5. The van der Waals surface area contributed by atoms with Crippen LogP contribution in [0.3, 0.4) is 0 Å². The Hall–Kier alpha value is -1.06. The third kappa shape index (κ3) is 2.53. The molecule has 68 valence electrons. The molecule has 1 rings (SSSR count). The molecule has 0 heterocycles. The highest BCUT2D eigenvalue weighted by Gasteiger charge is 2.23. The van der Waals surface area contributed by atoms with Crippen molar-refractivity contribution in [3.63, 3.8) is 0 Å². The van der Waals surface area contributed by atoms with Crippen LogP contribution in [0, 0.1) is 5.92 Å². The fraction of sp³-hybridized carbons (Fsp3) is 0.750. The Bertz CT molecular complexity index is 202. The van der Waals surface area contributed by atoms with Crippen molar-refractivity contribution in [2.24, 2.45) is 11.6 Å². The summed E-state index contributed by atoms with van der Waals surface area (Å²) in [5.74, 6) is -0.643. The molecule has 0 atom stereocenters. The van der Waals surface area contributed by atoms with Crippen LogP contribution in [0.2, 0.25) is 1.41 Å². The lowest BCUT2D eigenvalue weighted by atomic mass is 9.89. The standard InChI is InChI=1S/C8H13NO3/c9-8(11)12-7(10)6-4-2-1-3-5-6/h6H,1-5H2,(H2,9,11)/i/hD. The van der Waals surface area contributed by atoms with Crippen molar-refractivity contribution < 1.29 is 15.7 Å². The van der Waals surface area contributed by atoms with E-state index < -0.39 is 12.1 Å². The second-order valence-electron chi connectivity index (χ2n) is 3.04. The predicted octanol–water partition coefficient (Wildman–Crippen LogP) is 1.19. The summed E-state index contributed by atoms with van der Waals surface area (Å²) in [5.41, 5.74) is 1.50. The summed E-state index contributed by atoms with van der Waals surface area (Å²) in [6.07, 6.45) is 3.78. The number of amides is 1. The number of carbonyl (C=O) groups excluding carboxylic acids is 2. The SMILES string of the molecule is [2H]NC(=O)OC(=O)C1CCCCC1. The molecule has 0 unspecified atom stereocenters. The number of primary amides is 1. The molecule has 1 fully saturated rings. The summed E-state index contributed by atoms with van der Waals surface area (Å²) in [7, 11) is 0. The minimum Gasteiger partial charge on any atom is -0.376 e. The van der Waals surface area contributed by atoms with Gasteiger partial charge in [0.1, 0.15) is 0 Å². The molecule has 1 amide bonds. The van der Waals surface area contributed by atoms with E-state index in [1.165, 1.54) is 5.73 Å². The molecule has 0 saturated heterocycles. The molecular weight excluding hydrogens is 158 g/mol. The van der Waals surface area contributed by atoms with E-state index in [-0.39, 0.29) is 5.92 Å². The molecule has 0 aromatic heterocycles. The fourth-order valence-electron chi connectivity index (χ4n) is 1.51. The third-order valence-corrected chi connectivity index (χ3v) is 2.13. The minimum atomic E-state index is -0.990. The van der Waals surface area contributed by atoms with Crippen LogP contribution in [0.5, 0.6) is 0 Å². The van der Waals surface area contributed by atoms with Crippen molar-refractivity contribution in [3.8, 4) is 0 Å². The maximum absolute atomic E-state index is 11.2. The van der Waals surface area contributed by atoms with Crippen molar-refractivity contribution in [2.45, 2.75) is 32.1 Å². The highest BCUT2D eigenvalue weighted by atomic mass is 16.6. The van der Waals surface area contributed by atoms with Crippen LogP contribution < -0.4 is 5.73 Å². The number of carbonyl (C=O) groups is 2. The molecule has 1 saturated carbocycles. The van der Waals surface area contributed by atoms with Crippen LogP contribution in [0.1, 0.15) is 32.1 Å². The number of hydrogen-bond donors (Lipinski definition) is 1. The van der Waals surface area contributed by atoms with Gasteiger partial charge in [-0.1, -0.05) is 19.3 Å². The maximum atomic E-state index is 11.2. The van der Waals surface area contributed by atoms with E-state index in [0.29, 0.717) is 0 Å². The van der Waals surface area contributed by atoms with Crippen LogP contribution >= 0.6 is 0 Å². The molecule has 4 heteroatoms. The van der Waals surface area contributed by atoms with Crippen molar-refractivity contribution in [2.75, 3.05) is 0 Å². The largest absolute Gasteiger partial charge is 0.412 e. The van der Waals surface area contributed by atoms with Gasteiger partial charge >= 0.3 is 12.1 Å². The van der Waals surface area contributed by atoms with Crippen molar-refractivity contribution in [1.29, 1.82) is 0 Å². The molecule has 0 aromatic rings. The summed E-state index contributed by atoms with van der Waals surface area (Å²) in [6, 6.07) is 0. The lowest BCUT2D eigenvalue weighted by Crippen LogP contribution is -2.26. The average Bonchev–Trinajstić information content (AvgIpc) is 2.19. The fourth-order valence-corrected chi connectivity index (χ4v) is 1.51. The monoisotopic (exact) mass is 172 g/mol. The third-order valence-electron chi connectivity index (χ3n) is 2.13. The van der Waals surface area contributed by atoms with E-state index in [4.69, 9.17) is 1.41 Å². The Morgan fingerprint density at radius 2 is 2.00 bits per heavy atom. The summed E-state index contributed by atoms with van der Waals surface area (Å²) < 4.78 is 10.8. The average molecular weight is 172 g/mol. The summed E-state index contributed by atoms with van der Waals surface area (Å²) in [5, 5.41) is 0. The molecule has 0 aromatic carbocycles. The molecule has 0 aliphatic heterocycles. The highest BCUT2D eigenvalue weighted by Crippen LogP contribution is 2.24. The first-order valence-corrected chi connectivity index (χ1v) is 4.17. The lowest BCUT2D eigenvalue weighted by Gasteiger charge is -2.18. The first kappa shape index (κ1) is 7.58. The van der Waals surface area contributed by atoms with Crippen molar-refractivity contribution in [3.05, 3.63) is 0 Å². The number of esters is 1. The van der Waals surface area contributed by atoms with E-state index in [1.54, 1.807) is 0 Å². The summed E-state index contributed by atoms with van der Waals surface area (Å²) in [6.45, 7) is 0. The van der Waals surface area contributed by atoms with Crippen LogP contribution in [0.4, 0.5) is 4.79 Å². The molecule has 0 spiro atoms. The van der Waals surface area contributed by atoms with Gasteiger partial charge in [-0.15, -0.1) is 0 Å². The predicted molar refractivity (Wildman–Crippen MR) is 42.3 cm³/mol. The molecular formula is C8H13NO3. The second-order valence-corrected chi connectivity index (χ2v) is 3.04. The zero-order chi connectivity index (χ0) is 9.68. The Morgan fingerprint density at radius 3 is 2.58 bits per heavy atom. The molecule has 2 N–H and O–H groups in total. The number of ether oxygens (including phenoxy) is 1. The summed E-state index contributed by atoms with van der Waals surface area (Å²) in [4.78, 5) is 21.7. The highest BCUT2D eigenvalue weighted by molar-refractivity contribution is 5.85. The number of nitrogens with two attached hydrogens (primary N) is 1. The number of rotatable bonds is 1. The van der Waals surface area contributed by atoms with Gasteiger partial charge in [0.05, 0.1) is 5.92 Å². The Labute approximate surface area is 72.5 Å². The zero-order valence-electron chi connectivity index (χ0n) is 7.84. The van der Waals surface area contributed by atoms with Gasteiger partial charge < -0.3 is 10.5 Å². The van der Waals surface area contributed by atoms with Gasteiger partial charge in [-0.2, -0.15) is 0 Å². The molecule has 1 aliphatic rings. The van der Waals surface area contributed by atoms with Gasteiger partial charge in [0, 0.05) is 0 Å². The minimum absolute atomic E-state index is 0.147. The first-order chi connectivity index (χ1) is 6.24. The Balaban J connectivity index is 2.33. The molecule has 0 bridgehead atoms. The zero-order valence-corrected chi connectivity index (χ0v) is 6.84. The van der Waals surface area contributed by atoms with Crippen LogP contribution in [0.15, 0.2) is 0 Å². The molecule has 12 heavy (non-hydrogen) atoms. The number of hydrogen-bond acceptors (Lipinski definition) is 3. The topological polar surface area (TPSA) is 69.4 Å². The van der Waals surface area contributed by atoms with Gasteiger partial charge in [-0.05, 0) is 12.8 Å². The van der Waals surface area contributed by atoms with E-state index in [1.807, 2.05) is 0 Å². The Kier molecular flexibility index (Phi) is 2.58. The van der Waals surface area contributed by atoms with Crippen molar-refractivity contribution >= 4 is 12.1 Å². The quantitative estimate of drug-likeness (QED) is 0.477.